The van der Waals surface area contributed by atoms with Crippen LogP contribution in [0.3, 0.4) is 0 Å². The molecule has 116 valence electrons. The highest BCUT2D eigenvalue weighted by Crippen LogP contribution is 2.21. The van der Waals surface area contributed by atoms with Gasteiger partial charge in [-0.1, -0.05) is 6.92 Å². The second-order valence-electron chi connectivity index (χ2n) is 6.59. The third kappa shape index (κ3) is 3.62. The van der Waals surface area contributed by atoms with Gasteiger partial charge in [-0.2, -0.15) is 5.10 Å². The predicted octanol–water partition coefficient (Wildman–Crippen LogP) is 1.59. The van der Waals surface area contributed by atoms with Gasteiger partial charge in [0.2, 0.25) is 0 Å². The van der Waals surface area contributed by atoms with E-state index in [1.165, 1.54) is 11.1 Å². The fourth-order valence-electron chi connectivity index (χ4n) is 2.58. The summed E-state index contributed by atoms with van der Waals surface area (Å²) in [6, 6.07) is 1.56. The Labute approximate surface area is 124 Å². The Balaban J connectivity index is 2.18. The molecule has 1 aromatic rings. The first kappa shape index (κ1) is 15.5. The van der Waals surface area contributed by atoms with Crippen molar-refractivity contribution >= 4 is 11.7 Å². The van der Waals surface area contributed by atoms with Crippen LogP contribution in [0.25, 0.3) is 0 Å². The van der Waals surface area contributed by atoms with Gasteiger partial charge < -0.3 is 10.0 Å². The monoisotopic (exact) mass is 293 g/mol. The summed E-state index contributed by atoms with van der Waals surface area (Å²) in [7, 11) is 0. The molecule has 0 saturated carbocycles. The van der Waals surface area contributed by atoms with E-state index in [0.29, 0.717) is 5.92 Å². The number of nitrogens with zero attached hydrogens (tertiary/aromatic N) is 3. The van der Waals surface area contributed by atoms with Gasteiger partial charge in [0.05, 0.1) is 23.8 Å². The van der Waals surface area contributed by atoms with Gasteiger partial charge in [0.15, 0.2) is 0 Å². The minimum absolute atomic E-state index is 0.0673. The molecule has 0 spiro atoms. The molecule has 1 saturated heterocycles. The number of piperidine rings is 1. The Kier molecular flexibility index (Phi) is 4.34. The second kappa shape index (κ2) is 5.87. The van der Waals surface area contributed by atoms with Crippen LogP contribution in [0.15, 0.2) is 17.1 Å². The zero-order valence-corrected chi connectivity index (χ0v) is 12.9. The average molecular weight is 293 g/mol. The van der Waals surface area contributed by atoms with E-state index >= 15 is 0 Å². The first-order chi connectivity index (χ1) is 9.79. The molecule has 1 N–H and O–H groups in total. The number of rotatable bonds is 4. The highest BCUT2D eigenvalue weighted by molar-refractivity contribution is 5.73. The number of aliphatic carboxylic acids is 1. The van der Waals surface area contributed by atoms with Gasteiger partial charge in [-0.3, -0.25) is 9.59 Å². The van der Waals surface area contributed by atoms with Crippen molar-refractivity contribution in [2.45, 2.75) is 40.2 Å². The molecule has 1 aliphatic rings. The van der Waals surface area contributed by atoms with E-state index < -0.39 is 11.4 Å². The molecule has 0 aliphatic carbocycles. The third-order valence-corrected chi connectivity index (χ3v) is 4.00. The van der Waals surface area contributed by atoms with Crippen molar-refractivity contribution < 1.29 is 9.90 Å². The Hall–Kier alpha value is -1.85. The van der Waals surface area contributed by atoms with Crippen LogP contribution in [0.4, 0.5) is 5.69 Å². The minimum Gasteiger partial charge on any atom is -0.481 e. The van der Waals surface area contributed by atoms with Gasteiger partial charge in [-0.05, 0) is 32.6 Å². The van der Waals surface area contributed by atoms with E-state index in [1.54, 1.807) is 26.1 Å². The molecule has 21 heavy (non-hydrogen) atoms. The van der Waals surface area contributed by atoms with Crippen LogP contribution in [-0.2, 0) is 11.3 Å². The SMILES string of the molecule is CC1CCCN(c2cnn(CC(C)(C)C(=O)O)c(=O)c2)C1. The smallest absolute Gasteiger partial charge is 0.310 e. The first-order valence-electron chi connectivity index (χ1n) is 7.35. The van der Waals surface area contributed by atoms with Crippen molar-refractivity contribution in [1.82, 2.24) is 9.78 Å². The van der Waals surface area contributed by atoms with Gasteiger partial charge in [0.25, 0.3) is 5.56 Å². The minimum atomic E-state index is -1.02. The van der Waals surface area contributed by atoms with E-state index in [1.807, 2.05) is 0 Å². The summed E-state index contributed by atoms with van der Waals surface area (Å²) in [5.41, 5.74) is -0.436. The summed E-state index contributed by atoms with van der Waals surface area (Å²) < 4.78 is 1.23. The molecular weight excluding hydrogens is 270 g/mol. The molecule has 6 heteroatoms. The highest BCUT2D eigenvalue weighted by Gasteiger charge is 2.28. The van der Waals surface area contributed by atoms with Gasteiger partial charge in [-0.25, -0.2) is 4.68 Å². The van der Waals surface area contributed by atoms with E-state index in [4.69, 9.17) is 5.11 Å². The maximum Gasteiger partial charge on any atom is 0.310 e. The summed E-state index contributed by atoms with van der Waals surface area (Å²) in [6.07, 6.45) is 4.00. The number of hydrogen-bond acceptors (Lipinski definition) is 4. The van der Waals surface area contributed by atoms with Crippen LogP contribution in [0.5, 0.6) is 0 Å². The summed E-state index contributed by atoms with van der Waals surface area (Å²) in [6.45, 7) is 7.32. The highest BCUT2D eigenvalue weighted by atomic mass is 16.4. The fraction of sp³-hybridized carbons (Fsp3) is 0.667. The Morgan fingerprint density at radius 2 is 2.24 bits per heavy atom. The topological polar surface area (TPSA) is 75.4 Å². The van der Waals surface area contributed by atoms with Crippen LogP contribution in [-0.4, -0.2) is 33.9 Å². The molecule has 0 radical (unpaired) electrons. The number of carbonyl (C=O) groups is 1. The van der Waals surface area contributed by atoms with Gasteiger partial charge in [0.1, 0.15) is 0 Å². The molecule has 0 amide bonds. The van der Waals surface area contributed by atoms with E-state index in [9.17, 15) is 9.59 Å². The zero-order valence-electron chi connectivity index (χ0n) is 12.9. The van der Waals surface area contributed by atoms with Crippen molar-refractivity contribution in [3.8, 4) is 0 Å². The lowest BCUT2D eigenvalue weighted by molar-refractivity contribution is -0.147. The maximum atomic E-state index is 12.1. The van der Waals surface area contributed by atoms with Crippen LogP contribution in [0, 0.1) is 11.3 Å². The van der Waals surface area contributed by atoms with Crippen molar-refractivity contribution in [2.75, 3.05) is 18.0 Å². The quantitative estimate of drug-likeness (QED) is 0.912. The van der Waals surface area contributed by atoms with Gasteiger partial charge >= 0.3 is 5.97 Å². The number of aromatic nitrogens is 2. The van der Waals surface area contributed by atoms with Crippen LogP contribution >= 0.6 is 0 Å². The molecule has 1 aliphatic heterocycles. The molecular formula is C15H23N3O3. The van der Waals surface area contributed by atoms with E-state index in [-0.39, 0.29) is 12.1 Å². The van der Waals surface area contributed by atoms with Crippen molar-refractivity contribution in [2.24, 2.45) is 11.3 Å². The Bertz CT molecular complexity index is 580. The molecule has 2 heterocycles. The molecule has 1 atom stereocenters. The lowest BCUT2D eigenvalue weighted by Gasteiger charge is -2.32. The van der Waals surface area contributed by atoms with E-state index in [2.05, 4.69) is 16.9 Å². The van der Waals surface area contributed by atoms with Crippen molar-refractivity contribution in [1.29, 1.82) is 0 Å². The molecule has 0 bridgehead atoms. The van der Waals surface area contributed by atoms with Crippen molar-refractivity contribution in [3.05, 3.63) is 22.6 Å². The summed E-state index contributed by atoms with van der Waals surface area (Å²) in [5, 5.41) is 13.3. The second-order valence-corrected chi connectivity index (χ2v) is 6.59. The van der Waals surface area contributed by atoms with Crippen LogP contribution in [0.2, 0.25) is 0 Å². The lowest BCUT2D eigenvalue weighted by atomic mass is 9.94. The maximum absolute atomic E-state index is 12.1. The average Bonchev–Trinajstić information content (AvgIpc) is 2.40. The summed E-state index contributed by atoms with van der Waals surface area (Å²) >= 11 is 0. The van der Waals surface area contributed by atoms with Crippen molar-refractivity contribution in [3.63, 3.8) is 0 Å². The number of anilines is 1. The molecule has 0 aromatic carbocycles. The van der Waals surface area contributed by atoms with Gasteiger partial charge in [0, 0.05) is 19.2 Å². The standard InChI is InChI=1S/C15H23N3O3/c1-11-5-4-6-17(9-11)12-7-13(19)18(16-8-12)10-15(2,3)14(20)21/h7-8,11H,4-6,9-10H2,1-3H3,(H,20,21). The zero-order chi connectivity index (χ0) is 15.6. The number of hydrogen-bond donors (Lipinski definition) is 1. The molecule has 1 fully saturated rings. The summed E-state index contributed by atoms with van der Waals surface area (Å²) in [4.78, 5) is 25.5. The van der Waals surface area contributed by atoms with Crippen LogP contribution < -0.4 is 10.5 Å². The Morgan fingerprint density at radius 3 is 2.81 bits per heavy atom. The molecule has 1 unspecified atom stereocenters. The normalized spacial score (nSPS) is 19.6. The lowest BCUT2D eigenvalue weighted by Crippen LogP contribution is -2.38. The third-order valence-electron chi connectivity index (χ3n) is 4.00. The first-order valence-corrected chi connectivity index (χ1v) is 7.35. The fourth-order valence-corrected chi connectivity index (χ4v) is 2.58. The van der Waals surface area contributed by atoms with E-state index in [0.717, 1.165) is 25.2 Å². The molecule has 2 rings (SSSR count). The largest absolute Gasteiger partial charge is 0.481 e. The Morgan fingerprint density at radius 1 is 1.52 bits per heavy atom. The molecule has 6 nitrogen and oxygen atoms in total. The predicted molar refractivity (Wildman–Crippen MR) is 80.5 cm³/mol. The number of carboxylic acid groups (broad SMARTS) is 1. The number of carboxylic acids is 1. The molecule has 1 aromatic heterocycles. The van der Waals surface area contributed by atoms with Gasteiger partial charge in [-0.15, -0.1) is 0 Å². The summed E-state index contributed by atoms with van der Waals surface area (Å²) in [5.74, 6) is -0.322. The van der Waals surface area contributed by atoms with Crippen LogP contribution in [0.1, 0.15) is 33.6 Å².